The molecule has 5 nitrogen and oxygen atoms in total. The third-order valence-corrected chi connectivity index (χ3v) is 3.80. The molecule has 7 heteroatoms. The van der Waals surface area contributed by atoms with Gasteiger partial charge in [-0.3, -0.25) is 4.98 Å². The zero-order valence-corrected chi connectivity index (χ0v) is 12.5. The lowest BCUT2D eigenvalue weighted by Gasteiger charge is -2.03. The Morgan fingerprint density at radius 2 is 2.00 bits per heavy atom. The summed E-state index contributed by atoms with van der Waals surface area (Å²) in [5, 5.41) is 8.39. The van der Waals surface area contributed by atoms with Crippen LogP contribution in [-0.4, -0.2) is 22.3 Å². The Bertz CT molecular complexity index is 764. The van der Waals surface area contributed by atoms with E-state index in [1.165, 1.54) is 24.9 Å². The molecule has 0 bridgehead atoms. The third kappa shape index (κ3) is 3.25. The van der Waals surface area contributed by atoms with Crippen molar-refractivity contribution in [2.75, 3.05) is 7.11 Å². The number of hydrogen-bond donors (Lipinski definition) is 0. The van der Waals surface area contributed by atoms with Crippen molar-refractivity contribution in [3.8, 4) is 17.2 Å². The van der Waals surface area contributed by atoms with Gasteiger partial charge in [-0.05, 0) is 29.8 Å². The van der Waals surface area contributed by atoms with Crippen molar-refractivity contribution < 1.29 is 13.5 Å². The number of thioether (sulfide) groups is 1. The Morgan fingerprint density at radius 3 is 2.73 bits per heavy atom. The van der Waals surface area contributed by atoms with Crippen LogP contribution in [0.2, 0.25) is 0 Å². The molecule has 0 N–H and O–H groups in total. The molecule has 3 rings (SSSR count). The highest BCUT2D eigenvalue weighted by Gasteiger charge is 2.10. The van der Waals surface area contributed by atoms with Crippen LogP contribution >= 0.6 is 11.8 Å². The maximum atomic E-state index is 13.6. The van der Waals surface area contributed by atoms with Gasteiger partial charge in [-0.1, -0.05) is 17.8 Å². The third-order valence-electron chi connectivity index (χ3n) is 2.91. The Morgan fingerprint density at radius 1 is 1.18 bits per heavy atom. The standard InChI is InChI=1S/C15H12FN3O2S/c1-20-13-3-2-10(8-12(13)16)9-22-15-19-18-14(21-15)11-4-6-17-7-5-11/h2-8H,9H2,1H3. The van der Waals surface area contributed by atoms with Gasteiger partial charge in [0.25, 0.3) is 5.22 Å². The molecular weight excluding hydrogens is 305 g/mol. The number of nitrogens with zero attached hydrogens (tertiary/aromatic N) is 3. The Balaban J connectivity index is 1.67. The van der Waals surface area contributed by atoms with Crippen LogP contribution in [0, 0.1) is 5.82 Å². The first kappa shape index (κ1) is 14.5. The fourth-order valence-corrected chi connectivity index (χ4v) is 2.53. The van der Waals surface area contributed by atoms with Gasteiger partial charge in [0.2, 0.25) is 5.89 Å². The SMILES string of the molecule is COc1ccc(CSc2nnc(-c3ccncc3)o2)cc1F. The van der Waals surface area contributed by atoms with E-state index in [2.05, 4.69) is 15.2 Å². The molecule has 0 unspecified atom stereocenters. The zero-order chi connectivity index (χ0) is 15.4. The van der Waals surface area contributed by atoms with E-state index in [9.17, 15) is 4.39 Å². The summed E-state index contributed by atoms with van der Waals surface area (Å²) in [5.41, 5.74) is 1.62. The molecular formula is C15H12FN3O2S. The second-order valence-electron chi connectivity index (χ2n) is 4.37. The first-order chi connectivity index (χ1) is 10.8. The minimum absolute atomic E-state index is 0.228. The van der Waals surface area contributed by atoms with Gasteiger partial charge in [0.15, 0.2) is 11.6 Å². The largest absolute Gasteiger partial charge is 0.494 e. The maximum absolute atomic E-state index is 13.6. The predicted octanol–water partition coefficient (Wildman–Crippen LogP) is 3.57. The molecule has 112 valence electrons. The van der Waals surface area contributed by atoms with E-state index in [0.29, 0.717) is 16.9 Å². The minimum Gasteiger partial charge on any atom is -0.494 e. The van der Waals surface area contributed by atoms with Gasteiger partial charge in [-0.2, -0.15) is 0 Å². The molecule has 0 aliphatic carbocycles. The molecule has 0 fully saturated rings. The average molecular weight is 317 g/mol. The highest BCUT2D eigenvalue weighted by molar-refractivity contribution is 7.98. The van der Waals surface area contributed by atoms with Gasteiger partial charge in [0.1, 0.15) is 0 Å². The van der Waals surface area contributed by atoms with E-state index >= 15 is 0 Å². The molecule has 3 aromatic rings. The lowest BCUT2D eigenvalue weighted by molar-refractivity contribution is 0.386. The second kappa shape index (κ2) is 6.57. The smallest absolute Gasteiger partial charge is 0.277 e. The van der Waals surface area contributed by atoms with Crippen molar-refractivity contribution >= 4 is 11.8 Å². The Kier molecular flexibility index (Phi) is 4.34. The molecule has 22 heavy (non-hydrogen) atoms. The number of aromatic nitrogens is 3. The highest BCUT2D eigenvalue weighted by atomic mass is 32.2. The summed E-state index contributed by atoms with van der Waals surface area (Å²) in [6.45, 7) is 0. The molecule has 0 radical (unpaired) electrons. The van der Waals surface area contributed by atoms with Crippen molar-refractivity contribution in [3.63, 3.8) is 0 Å². The second-order valence-corrected chi connectivity index (χ2v) is 5.29. The number of halogens is 1. The fraction of sp³-hybridized carbons (Fsp3) is 0.133. The zero-order valence-electron chi connectivity index (χ0n) is 11.7. The summed E-state index contributed by atoms with van der Waals surface area (Å²) in [6.07, 6.45) is 3.32. The van der Waals surface area contributed by atoms with E-state index in [4.69, 9.17) is 9.15 Å². The van der Waals surface area contributed by atoms with Crippen molar-refractivity contribution in [1.29, 1.82) is 0 Å². The number of rotatable bonds is 5. The molecule has 0 saturated heterocycles. The van der Waals surface area contributed by atoms with Gasteiger partial charge in [-0.25, -0.2) is 4.39 Å². The topological polar surface area (TPSA) is 61.0 Å². The van der Waals surface area contributed by atoms with E-state index in [1.807, 2.05) is 0 Å². The first-order valence-corrected chi connectivity index (χ1v) is 7.44. The van der Waals surface area contributed by atoms with Crippen LogP contribution < -0.4 is 4.74 Å². The number of hydrogen-bond acceptors (Lipinski definition) is 6. The van der Waals surface area contributed by atoms with E-state index in [0.717, 1.165) is 11.1 Å². The molecule has 0 aliphatic rings. The van der Waals surface area contributed by atoms with Gasteiger partial charge in [0.05, 0.1) is 7.11 Å². The fourth-order valence-electron chi connectivity index (χ4n) is 1.82. The molecule has 0 atom stereocenters. The number of ether oxygens (including phenoxy) is 1. The molecule has 0 spiro atoms. The summed E-state index contributed by atoms with van der Waals surface area (Å²) in [5.74, 6) is 0.805. The van der Waals surface area contributed by atoms with Crippen molar-refractivity contribution in [2.45, 2.75) is 11.0 Å². The average Bonchev–Trinajstić information content (AvgIpc) is 3.03. The van der Waals surface area contributed by atoms with Crippen LogP contribution in [0.1, 0.15) is 5.56 Å². The van der Waals surface area contributed by atoms with Gasteiger partial charge in [0, 0.05) is 23.7 Å². The summed E-state index contributed by atoms with van der Waals surface area (Å²) in [4.78, 5) is 3.94. The number of benzene rings is 1. The van der Waals surface area contributed by atoms with E-state index in [1.54, 1.807) is 36.7 Å². The van der Waals surface area contributed by atoms with Crippen molar-refractivity contribution in [3.05, 3.63) is 54.1 Å². The van der Waals surface area contributed by atoms with Crippen LogP contribution in [0.5, 0.6) is 5.75 Å². The van der Waals surface area contributed by atoms with Crippen LogP contribution in [0.3, 0.4) is 0 Å². The summed E-state index contributed by atoms with van der Waals surface area (Å²) < 4.78 is 24.1. The van der Waals surface area contributed by atoms with Gasteiger partial charge < -0.3 is 9.15 Å². The molecule has 2 aromatic heterocycles. The van der Waals surface area contributed by atoms with E-state index < -0.39 is 0 Å². The molecule has 0 saturated carbocycles. The maximum Gasteiger partial charge on any atom is 0.277 e. The molecule has 0 amide bonds. The Labute approximate surface area is 130 Å². The lowest BCUT2D eigenvalue weighted by Crippen LogP contribution is -1.90. The molecule has 0 aliphatic heterocycles. The molecule has 2 heterocycles. The number of pyridine rings is 1. The van der Waals surface area contributed by atoms with Crippen molar-refractivity contribution in [2.24, 2.45) is 0 Å². The lowest BCUT2D eigenvalue weighted by atomic mass is 10.2. The quantitative estimate of drug-likeness (QED) is 0.670. The predicted molar refractivity (Wildman–Crippen MR) is 80.0 cm³/mol. The Hall–Kier alpha value is -2.41. The summed E-state index contributed by atoms with van der Waals surface area (Å²) >= 11 is 1.35. The first-order valence-electron chi connectivity index (χ1n) is 6.45. The van der Waals surface area contributed by atoms with Crippen LogP contribution in [-0.2, 0) is 5.75 Å². The van der Waals surface area contributed by atoms with Gasteiger partial charge in [-0.15, -0.1) is 10.2 Å². The summed E-state index contributed by atoms with van der Waals surface area (Å²) in [7, 11) is 1.44. The van der Waals surface area contributed by atoms with Crippen LogP contribution in [0.15, 0.2) is 52.4 Å². The highest BCUT2D eigenvalue weighted by Crippen LogP contribution is 2.27. The normalized spacial score (nSPS) is 10.6. The van der Waals surface area contributed by atoms with Crippen LogP contribution in [0.25, 0.3) is 11.5 Å². The van der Waals surface area contributed by atoms with Crippen LogP contribution in [0.4, 0.5) is 4.39 Å². The minimum atomic E-state index is -0.386. The van der Waals surface area contributed by atoms with Crippen molar-refractivity contribution in [1.82, 2.24) is 15.2 Å². The monoisotopic (exact) mass is 317 g/mol. The number of methoxy groups -OCH3 is 1. The van der Waals surface area contributed by atoms with Gasteiger partial charge >= 0.3 is 0 Å². The summed E-state index contributed by atoms with van der Waals surface area (Å²) in [6, 6.07) is 8.42. The molecule has 1 aromatic carbocycles. The van der Waals surface area contributed by atoms with E-state index in [-0.39, 0.29) is 11.6 Å².